The van der Waals surface area contributed by atoms with Crippen molar-refractivity contribution >= 4 is 21.9 Å². The number of quaternary nitrogens is 1. The number of benzene rings is 1. The largest absolute Gasteiger partial charge is 0.456 e. The zero-order chi connectivity index (χ0) is 14.8. The van der Waals surface area contributed by atoms with Crippen LogP contribution in [0.5, 0.6) is 0 Å². The zero-order valence-electron chi connectivity index (χ0n) is 12.4. The zero-order valence-corrected chi connectivity index (χ0v) is 14.0. The highest BCUT2D eigenvalue weighted by Gasteiger charge is 2.35. The fraction of sp³-hybridized carbons (Fsp3) is 0.562. The highest BCUT2D eigenvalue weighted by Crippen LogP contribution is 2.30. The van der Waals surface area contributed by atoms with E-state index in [1.807, 2.05) is 39.0 Å². The van der Waals surface area contributed by atoms with Gasteiger partial charge in [0.1, 0.15) is 5.60 Å². The second kappa shape index (κ2) is 6.27. The fourth-order valence-corrected chi connectivity index (χ4v) is 3.20. The Balaban J connectivity index is 2.11. The predicted octanol–water partition coefficient (Wildman–Crippen LogP) is 2.67. The van der Waals surface area contributed by atoms with Crippen molar-refractivity contribution in [2.24, 2.45) is 5.92 Å². The monoisotopic (exact) mass is 340 g/mol. The van der Waals surface area contributed by atoms with Crippen molar-refractivity contribution in [3.63, 3.8) is 0 Å². The van der Waals surface area contributed by atoms with Gasteiger partial charge in [0.15, 0.2) is 0 Å². The van der Waals surface area contributed by atoms with E-state index in [9.17, 15) is 4.79 Å². The van der Waals surface area contributed by atoms with E-state index in [1.165, 1.54) is 0 Å². The summed E-state index contributed by atoms with van der Waals surface area (Å²) in [5.74, 6) is 0.208. The fourth-order valence-electron chi connectivity index (χ4n) is 2.79. The normalized spacial score (nSPS) is 17.0. The molecule has 110 valence electrons. The summed E-state index contributed by atoms with van der Waals surface area (Å²) in [6, 6.07) is 5.74. The molecule has 0 bridgehead atoms. The number of ether oxygens (including phenoxy) is 1. The van der Waals surface area contributed by atoms with Crippen molar-refractivity contribution < 1.29 is 14.8 Å². The lowest BCUT2D eigenvalue weighted by Crippen LogP contribution is -2.86. The lowest BCUT2D eigenvalue weighted by atomic mass is 9.83. The van der Waals surface area contributed by atoms with Gasteiger partial charge in [0, 0.05) is 23.2 Å². The van der Waals surface area contributed by atoms with Crippen molar-refractivity contribution in [1.82, 2.24) is 0 Å². The first-order chi connectivity index (χ1) is 9.40. The SMILES string of the molecule is Cc1ccc(Br)c(C(=O)OC(C)(C)C2CC[NH2+]CC2)c1. The quantitative estimate of drug-likeness (QED) is 0.859. The topological polar surface area (TPSA) is 42.9 Å². The van der Waals surface area contributed by atoms with E-state index in [2.05, 4.69) is 21.2 Å². The van der Waals surface area contributed by atoms with Crippen LogP contribution in [0.25, 0.3) is 0 Å². The molecule has 20 heavy (non-hydrogen) atoms. The molecule has 0 unspecified atom stereocenters. The van der Waals surface area contributed by atoms with Crippen molar-refractivity contribution in [3.8, 4) is 0 Å². The Morgan fingerprint density at radius 2 is 2.00 bits per heavy atom. The van der Waals surface area contributed by atoms with Crippen LogP contribution in [0, 0.1) is 12.8 Å². The summed E-state index contributed by atoms with van der Waals surface area (Å²) in [7, 11) is 0. The van der Waals surface area contributed by atoms with Crippen molar-refractivity contribution in [2.75, 3.05) is 13.1 Å². The third-order valence-corrected chi connectivity index (χ3v) is 4.81. The van der Waals surface area contributed by atoms with E-state index in [0.717, 1.165) is 36.0 Å². The molecule has 0 spiro atoms. The van der Waals surface area contributed by atoms with Gasteiger partial charge in [-0.2, -0.15) is 0 Å². The van der Waals surface area contributed by atoms with Crippen LogP contribution in [0.3, 0.4) is 0 Å². The maximum Gasteiger partial charge on any atom is 0.339 e. The summed E-state index contributed by atoms with van der Waals surface area (Å²) in [5.41, 5.74) is 1.26. The maximum absolute atomic E-state index is 12.4. The molecule has 1 heterocycles. The number of aryl methyl sites for hydroxylation is 1. The molecule has 1 aromatic rings. The summed E-state index contributed by atoms with van der Waals surface area (Å²) in [6.45, 7) is 8.29. The van der Waals surface area contributed by atoms with Gasteiger partial charge in [-0.1, -0.05) is 11.6 Å². The van der Waals surface area contributed by atoms with Crippen LogP contribution in [0.2, 0.25) is 0 Å². The number of hydrogen-bond donors (Lipinski definition) is 1. The number of esters is 1. The molecule has 3 nitrogen and oxygen atoms in total. The first-order valence-electron chi connectivity index (χ1n) is 7.21. The summed E-state index contributed by atoms with van der Waals surface area (Å²) in [4.78, 5) is 12.4. The molecular formula is C16H23BrNO2+. The van der Waals surface area contributed by atoms with Crippen LogP contribution >= 0.6 is 15.9 Å². The van der Waals surface area contributed by atoms with Crippen LogP contribution in [0.15, 0.2) is 22.7 Å². The Bertz CT molecular complexity index is 493. The first kappa shape index (κ1) is 15.5. The summed E-state index contributed by atoms with van der Waals surface area (Å²) in [6.07, 6.45) is 2.21. The molecule has 0 radical (unpaired) electrons. The maximum atomic E-state index is 12.4. The van der Waals surface area contributed by atoms with E-state index in [0.29, 0.717) is 11.5 Å². The molecule has 1 fully saturated rings. The highest BCUT2D eigenvalue weighted by molar-refractivity contribution is 9.10. The number of carbonyl (C=O) groups excluding carboxylic acids is 1. The van der Waals surface area contributed by atoms with Crippen molar-refractivity contribution in [1.29, 1.82) is 0 Å². The standard InChI is InChI=1S/C16H22BrNO2/c1-11-4-5-14(17)13(10-11)15(19)20-16(2,3)12-6-8-18-9-7-12/h4-5,10,12,18H,6-9H2,1-3H3/p+1. The molecule has 1 aromatic carbocycles. The van der Waals surface area contributed by atoms with Gasteiger partial charge in [-0.25, -0.2) is 4.79 Å². The van der Waals surface area contributed by atoms with Gasteiger partial charge >= 0.3 is 5.97 Å². The summed E-state index contributed by atoms with van der Waals surface area (Å²) in [5, 5.41) is 2.32. The van der Waals surface area contributed by atoms with E-state index in [1.54, 1.807) is 0 Å². The third-order valence-electron chi connectivity index (χ3n) is 4.12. The van der Waals surface area contributed by atoms with Gasteiger partial charge in [-0.05, 0) is 48.8 Å². The van der Waals surface area contributed by atoms with Gasteiger partial charge in [0.25, 0.3) is 0 Å². The lowest BCUT2D eigenvalue weighted by Gasteiger charge is -2.35. The number of nitrogens with two attached hydrogens (primary N) is 1. The van der Waals surface area contributed by atoms with Crippen LogP contribution < -0.4 is 5.32 Å². The van der Waals surface area contributed by atoms with E-state index < -0.39 is 5.60 Å². The molecule has 1 aliphatic rings. The van der Waals surface area contributed by atoms with E-state index in [4.69, 9.17) is 4.74 Å². The Morgan fingerprint density at radius 1 is 1.35 bits per heavy atom. The molecule has 1 saturated heterocycles. The van der Waals surface area contributed by atoms with Crippen LogP contribution in [-0.2, 0) is 4.74 Å². The number of rotatable bonds is 3. The molecule has 0 aliphatic carbocycles. The summed E-state index contributed by atoms with van der Waals surface area (Å²) >= 11 is 3.43. The second-order valence-electron chi connectivity index (χ2n) is 6.12. The van der Waals surface area contributed by atoms with Crippen LogP contribution in [0.4, 0.5) is 0 Å². The second-order valence-corrected chi connectivity index (χ2v) is 6.97. The molecule has 1 aliphatic heterocycles. The average molecular weight is 341 g/mol. The Hall–Kier alpha value is -0.870. The van der Waals surface area contributed by atoms with Gasteiger partial charge in [0.05, 0.1) is 18.7 Å². The van der Waals surface area contributed by atoms with E-state index >= 15 is 0 Å². The minimum Gasteiger partial charge on any atom is -0.456 e. The van der Waals surface area contributed by atoms with E-state index in [-0.39, 0.29) is 5.97 Å². The van der Waals surface area contributed by atoms with Crippen molar-refractivity contribution in [3.05, 3.63) is 33.8 Å². The molecular weight excluding hydrogens is 318 g/mol. The molecule has 0 amide bonds. The number of carbonyl (C=O) groups is 1. The van der Waals surface area contributed by atoms with Gasteiger partial charge in [0.2, 0.25) is 0 Å². The number of hydrogen-bond acceptors (Lipinski definition) is 2. The lowest BCUT2D eigenvalue weighted by molar-refractivity contribution is -0.665. The molecule has 0 atom stereocenters. The van der Waals surface area contributed by atoms with Gasteiger partial charge in [-0.3, -0.25) is 0 Å². The molecule has 0 saturated carbocycles. The first-order valence-corrected chi connectivity index (χ1v) is 8.00. The molecule has 2 rings (SSSR count). The smallest absolute Gasteiger partial charge is 0.339 e. The van der Waals surface area contributed by atoms with Crippen LogP contribution in [-0.4, -0.2) is 24.7 Å². The average Bonchev–Trinajstić information content (AvgIpc) is 2.42. The Morgan fingerprint density at radius 3 is 2.65 bits per heavy atom. The minimum atomic E-state index is -0.408. The number of halogens is 1. The Labute approximate surface area is 129 Å². The van der Waals surface area contributed by atoms with Crippen LogP contribution in [0.1, 0.15) is 42.6 Å². The third kappa shape index (κ3) is 3.61. The summed E-state index contributed by atoms with van der Waals surface area (Å²) < 4.78 is 6.61. The molecule has 0 aromatic heterocycles. The predicted molar refractivity (Wildman–Crippen MR) is 82.8 cm³/mol. The highest BCUT2D eigenvalue weighted by atomic mass is 79.9. The molecule has 4 heteroatoms. The Kier molecular flexibility index (Phi) is 4.86. The molecule has 2 N–H and O–H groups in total. The number of piperidine rings is 1. The minimum absolute atomic E-state index is 0.236. The van der Waals surface area contributed by atoms with Gasteiger partial charge < -0.3 is 10.1 Å². The van der Waals surface area contributed by atoms with Gasteiger partial charge in [-0.15, -0.1) is 0 Å². The van der Waals surface area contributed by atoms with Crippen molar-refractivity contribution in [2.45, 2.75) is 39.2 Å².